The van der Waals surface area contributed by atoms with Crippen molar-refractivity contribution >= 4 is 11.6 Å². The summed E-state index contributed by atoms with van der Waals surface area (Å²) in [6.45, 7) is 2.03. The topological polar surface area (TPSA) is 43.6 Å². The number of carbonyl (C=O) groups excluding carboxylic acids is 1. The lowest BCUT2D eigenvalue weighted by Gasteiger charge is -2.04. The number of imidazole rings is 1. The van der Waals surface area contributed by atoms with Crippen LogP contribution in [0.3, 0.4) is 0 Å². The van der Waals surface area contributed by atoms with Crippen LogP contribution in [-0.4, -0.2) is 22.0 Å². The summed E-state index contributed by atoms with van der Waals surface area (Å²) >= 11 is 0. The van der Waals surface area contributed by atoms with Gasteiger partial charge in [0, 0.05) is 11.8 Å². The second-order valence-electron chi connectivity index (χ2n) is 4.47. The van der Waals surface area contributed by atoms with Crippen LogP contribution in [0.5, 0.6) is 0 Å². The molecule has 0 bridgehead atoms. The predicted octanol–water partition coefficient (Wildman–Crippen LogP) is 3.32. The summed E-state index contributed by atoms with van der Waals surface area (Å²) in [7, 11) is 0. The quantitative estimate of drug-likeness (QED) is 0.693. The first-order valence-electron chi connectivity index (χ1n) is 6.61. The van der Waals surface area contributed by atoms with E-state index < -0.39 is 5.97 Å². The van der Waals surface area contributed by atoms with Gasteiger partial charge in [-0.1, -0.05) is 6.07 Å². The molecule has 0 fully saturated rings. The maximum absolute atomic E-state index is 13.1. The van der Waals surface area contributed by atoms with Crippen molar-refractivity contribution in [1.29, 1.82) is 0 Å². The van der Waals surface area contributed by atoms with Crippen molar-refractivity contribution in [3.05, 3.63) is 60.2 Å². The number of hydrogen-bond donors (Lipinski definition) is 0. The molecule has 2 heterocycles. The Bertz CT molecular complexity index is 794. The van der Waals surface area contributed by atoms with Gasteiger partial charge in [-0.2, -0.15) is 0 Å². The molecule has 106 valence electrons. The normalized spacial score (nSPS) is 10.8. The number of halogens is 1. The van der Waals surface area contributed by atoms with Crippen molar-refractivity contribution in [3.63, 3.8) is 0 Å². The number of aromatic nitrogens is 2. The molecule has 0 N–H and O–H groups in total. The van der Waals surface area contributed by atoms with E-state index in [9.17, 15) is 9.18 Å². The molecule has 1 aromatic carbocycles. The van der Waals surface area contributed by atoms with Crippen molar-refractivity contribution in [2.45, 2.75) is 6.92 Å². The summed E-state index contributed by atoms with van der Waals surface area (Å²) in [5.74, 6) is -0.782. The molecule has 0 saturated heterocycles. The zero-order valence-corrected chi connectivity index (χ0v) is 11.4. The Morgan fingerprint density at radius 2 is 2.00 bits per heavy atom. The van der Waals surface area contributed by atoms with Gasteiger partial charge in [0.1, 0.15) is 17.2 Å². The highest BCUT2D eigenvalue weighted by atomic mass is 19.1. The lowest BCUT2D eigenvalue weighted by atomic mass is 10.1. The van der Waals surface area contributed by atoms with Gasteiger partial charge in [-0.3, -0.25) is 4.40 Å². The molecule has 3 rings (SSSR count). The molecule has 0 atom stereocenters. The molecule has 21 heavy (non-hydrogen) atoms. The van der Waals surface area contributed by atoms with Crippen LogP contribution >= 0.6 is 0 Å². The highest BCUT2D eigenvalue weighted by Crippen LogP contribution is 2.25. The average Bonchev–Trinajstić information content (AvgIpc) is 2.87. The zero-order valence-electron chi connectivity index (χ0n) is 11.4. The van der Waals surface area contributed by atoms with Gasteiger partial charge in [0.05, 0.1) is 6.61 Å². The summed E-state index contributed by atoms with van der Waals surface area (Å²) in [6, 6.07) is 11.3. The van der Waals surface area contributed by atoms with Crippen molar-refractivity contribution in [2.24, 2.45) is 0 Å². The van der Waals surface area contributed by atoms with Gasteiger partial charge in [-0.05, 0) is 43.3 Å². The van der Waals surface area contributed by atoms with E-state index in [1.54, 1.807) is 35.7 Å². The van der Waals surface area contributed by atoms with Gasteiger partial charge < -0.3 is 4.74 Å². The Balaban J connectivity index is 2.23. The standard InChI is InChI=1S/C16H13FN2O2/c1-2-21-16(20)15-14(11-6-8-12(17)9-7-11)18-13-5-3-4-10-19(13)15/h3-10H,2H2,1H3. The predicted molar refractivity (Wildman–Crippen MR) is 76.5 cm³/mol. The number of carbonyl (C=O) groups is 1. The second kappa shape index (κ2) is 5.36. The van der Waals surface area contributed by atoms with E-state index in [1.165, 1.54) is 12.1 Å². The second-order valence-corrected chi connectivity index (χ2v) is 4.47. The summed E-state index contributed by atoms with van der Waals surface area (Å²) in [6.07, 6.45) is 1.75. The van der Waals surface area contributed by atoms with E-state index in [1.807, 2.05) is 12.1 Å². The monoisotopic (exact) mass is 284 g/mol. The van der Waals surface area contributed by atoms with Crippen LogP contribution < -0.4 is 0 Å². The van der Waals surface area contributed by atoms with Crippen molar-refractivity contribution < 1.29 is 13.9 Å². The Kier molecular flexibility index (Phi) is 3.39. The zero-order chi connectivity index (χ0) is 14.8. The van der Waals surface area contributed by atoms with Crippen LogP contribution in [0.15, 0.2) is 48.7 Å². The molecular weight excluding hydrogens is 271 g/mol. The Hall–Kier alpha value is -2.69. The van der Waals surface area contributed by atoms with Crippen LogP contribution in [0, 0.1) is 5.82 Å². The first kappa shape index (κ1) is 13.3. The summed E-state index contributed by atoms with van der Waals surface area (Å²) in [5.41, 5.74) is 2.14. The van der Waals surface area contributed by atoms with Crippen LogP contribution in [0.2, 0.25) is 0 Å². The highest BCUT2D eigenvalue weighted by Gasteiger charge is 2.21. The molecule has 0 aliphatic rings. The minimum atomic E-state index is -0.449. The fourth-order valence-electron chi connectivity index (χ4n) is 2.20. The van der Waals surface area contributed by atoms with E-state index in [4.69, 9.17) is 4.74 Å². The molecule has 0 unspecified atom stereocenters. The molecule has 0 aliphatic carbocycles. The van der Waals surface area contributed by atoms with Gasteiger partial charge >= 0.3 is 5.97 Å². The Labute approximate surface area is 120 Å². The number of fused-ring (bicyclic) bond motifs is 1. The third-order valence-electron chi connectivity index (χ3n) is 3.12. The number of pyridine rings is 1. The third kappa shape index (κ3) is 2.38. The maximum Gasteiger partial charge on any atom is 0.357 e. The number of nitrogens with zero attached hydrogens (tertiary/aromatic N) is 2. The Morgan fingerprint density at radius 3 is 2.71 bits per heavy atom. The van der Waals surface area contributed by atoms with Gasteiger partial charge in [-0.25, -0.2) is 14.2 Å². The van der Waals surface area contributed by atoms with E-state index >= 15 is 0 Å². The number of esters is 1. The Morgan fingerprint density at radius 1 is 1.24 bits per heavy atom. The number of ether oxygens (including phenoxy) is 1. The molecule has 5 heteroatoms. The summed E-state index contributed by atoms with van der Waals surface area (Å²) < 4.78 is 19.9. The van der Waals surface area contributed by atoms with Crippen LogP contribution in [-0.2, 0) is 4.74 Å². The van der Waals surface area contributed by atoms with E-state index in [0.29, 0.717) is 22.6 Å². The lowest BCUT2D eigenvalue weighted by molar-refractivity contribution is 0.0519. The van der Waals surface area contributed by atoms with Gasteiger partial charge in [0.15, 0.2) is 5.69 Å². The smallest absolute Gasteiger partial charge is 0.357 e. The average molecular weight is 284 g/mol. The van der Waals surface area contributed by atoms with Crippen molar-refractivity contribution in [3.8, 4) is 11.3 Å². The number of rotatable bonds is 3. The lowest BCUT2D eigenvalue weighted by Crippen LogP contribution is -2.09. The van der Waals surface area contributed by atoms with Crippen molar-refractivity contribution in [2.75, 3.05) is 6.61 Å². The molecule has 4 nitrogen and oxygen atoms in total. The molecule has 0 saturated carbocycles. The third-order valence-corrected chi connectivity index (χ3v) is 3.12. The molecule has 3 aromatic rings. The van der Waals surface area contributed by atoms with E-state index in [2.05, 4.69) is 4.98 Å². The van der Waals surface area contributed by atoms with E-state index in [-0.39, 0.29) is 12.4 Å². The molecule has 0 spiro atoms. The fraction of sp³-hybridized carbons (Fsp3) is 0.125. The first-order valence-corrected chi connectivity index (χ1v) is 6.61. The fourth-order valence-corrected chi connectivity index (χ4v) is 2.20. The molecule has 0 amide bonds. The first-order chi connectivity index (χ1) is 10.2. The van der Waals surface area contributed by atoms with Gasteiger partial charge in [-0.15, -0.1) is 0 Å². The SMILES string of the molecule is CCOC(=O)c1c(-c2ccc(F)cc2)nc2ccccn12. The van der Waals surface area contributed by atoms with E-state index in [0.717, 1.165) is 0 Å². The van der Waals surface area contributed by atoms with Crippen molar-refractivity contribution in [1.82, 2.24) is 9.38 Å². The molecule has 2 aromatic heterocycles. The highest BCUT2D eigenvalue weighted by molar-refractivity contribution is 5.96. The number of hydrogen-bond acceptors (Lipinski definition) is 3. The number of benzene rings is 1. The summed E-state index contributed by atoms with van der Waals surface area (Å²) in [4.78, 5) is 16.7. The molecule has 0 aliphatic heterocycles. The maximum atomic E-state index is 13.1. The summed E-state index contributed by atoms with van der Waals surface area (Å²) in [5, 5.41) is 0. The van der Waals surface area contributed by atoms with Crippen LogP contribution in [0.4, 0.5) is 4.39 Å². The van der Waals surface area contributed by atoms with Crippen LogP contribution in [0.25, 0.3) is 16.9 Å². The largest absolute Gasteiger partial charge is 0.461 e. The molecular formula is C16H13FN2O2. The van der Waals surface area contributed by atoms with Gasteiger partial charge in [0.2, 0.25) is 0 Å². The minimum Gasteiger partial charge on any atom is -0.461 e. The van der Waals surface area contributed by atoms with Crippen LogP contribution in [0.1, 0.15) is 17.4 Å². The van der Waals surface area contributed by atoms with Gasteiger partial charge in [0.25, 0.3) is 0 Å². The molecule has 0 radical (unpaired) electrons. The minimum absolute atomic E-state index is 0.280.